The molecule has 25 heavy (non-hydrogen) atoms. The number of thioether (sulfide) groups is 1. The molecule has 0 saturated heterocycles. The minimum atomic E-state index is -4.42. The third kappa shape index (κ3) is 3.37. The Morgan fingerprint density at radius 1 is 1.04 bits per heavy atom. The highest BCUT2D eigenvalue weighted by Crippen LogP contribution is 2.40. The molecular weight excluding hydrogens is 349 g/mol. The summed E-state index contributed by atoms with van der Waals surface area (Å²) < 4.78 is 46.0. The third-order valence-electron chi connectivity index (χ3n) is 3.68. The van der Waals surface area contributed by atoms with Gasteiger partial charge in [-0.3, -0.25) is 0 Å². The van der Waals surface area contributed by atoms with E-state index in [-0.39, 0.29) is 0 Å². The number of halogens is 3. The van der Waals surface area contributed by atoms with Gasteiger partial charge in [0.15, 0.2) is 0 Å². The molecule has 2 aromatic carbocycles. The molecule has 0 bridgehead atoms. The van der Waals surface area contributed by atoms with Crippen molar-refractivity contribution in [1.82, 2.24) is 9.78 Å². The molecule has 1 aromatic heterocycles. The predicted octanol–water partition coefficient (Wildman–Crippen LogP) is 5.29. The molecule has 130 valence electrons. The van der Waals surface area contributed by atoms with E-state index in [2.05, 4.69) is 5.10 Å². The van der Waals surface area contributed by atoms with Crippen LogP contribution in [0.4, 0.5) is 13.2 Å². The molecule has 0 amide bonds. The van der Waals surface area contributed by atoms with Crippen LogP contribution in [-0.2, 0) is 6.18 Å². The molecule has 0 fully saturated rings. The van der Waals surface area contributed by atoms with Gasteiger partial charge < -0.3 is 4.74 Å². The van der Waals surface area contributed by atoms with Crippen molar-refractivity contribution in [3.8, 4) is 22.7 Å². The second-order valence-corrected chi connectivity index (χ2v) is 6.01. The van der Waals surface area contributed by atoms with Gasteiger partial charge in [-0.1, -0.05) is 36.4 Å². The number of aromatic nitrogens is 2. The Morgan fingerprint density at radius 3 is 2.36 bits per heavy atom. The van der Waals surface area contributed by atoms with Gasteiger partial charge in [0, 0.05) is 0 Å². The quantitative estimate of drug-likeness (QED) is 0.589. The fourth-order valence-corrected chi connectivity index (χ4v) is 3.13. The standard InChI is InChI=1S/C18H15F3N2OS/c1-24-17-15(12-7-4-3-5-8-12)16(25-2)22-23(17)14-10-6-9-13(11-14)18(19,20)21/h3-11H,1-2H3. The van der Waals surface area contributed by atoms with Crippen LogP contribution in [0.1, 0.15) is 5.56 Å². The lowest BCUT2D eigenvalue weighted by molar-refractivity contribution is -0.137. The lowest BCUT2D eigenvalue weighted by Gasteiger charge is -2.11. The number of ether oxygens (including phenoxy) is 1. The highest BCUT2D eigenvalue weighted by Gasteiger charge is 2.31. The average molecular weight is 364 g/mol. The molecule has 3 aromatic rings. The van der Waals surface area contributed by atoms with E-state index in [0.29, 0.717) is 16.6 Å². The van der Waals surface area contributed by atoms with Gasteiger partial charge in [0.1, 0.15) is 5.03 Å². The predicted molar refractivity (Wildman–Crippen MR) is 92.3 cm³/mol. The van der Waals surface area contributed by atoms with Crippen molar-refractivity contribution < 1.29 is 17.9 Å². The van der Waals surface area contributed by atoms with Crippen molar-refractivity contribution in [2.24, 2.45) is 0 Å². The van der Waals surface area contributed by atoms with Crippen molar-refractivity contribution in [2.75, 3.05) is 13.4 Å². The molecule has 0 saturated carbocycles. The fraction of sp³-hybridized carbons (Fsp3) is 0.167. The molecule has 1 heterocycles. The van der Waals surface area contributed by atoms with Gasteiger partial charge in [-0.25, -0.2) is 0 Å². The van der Waals surface area contributed by atoms with E-state index in [4.69, 9.17) is 4.74 Å². The molecule has 7 heteroatoms. The molecule has 3 rings (SSSR count). The first-order valence-corrected chi connectivity index (χ1v) is 8.62. The Labute approximate surface area is 147 Å². The maximum absolute atomic E-state index is 13.0. The van der Waals surface area contributed by atoms with Crippen LogP contribution in [-0.4, -0.2) is 23.1 Å². The zero-order chi connectivity index (χ0) is 18.0. The third-order valence-corrected chi connectivity index (χ3v) is 4.35. The molecule has 0 spiro atoms. The van der Waals surface area contributed by atoms with Gasteiger partial charge in [0.05, 0.1) is 23.9 Å². The van der Waals surface area contributed by atoms with Gasteiger partial charge >= 0.3 is 6.18 Å². The van der Waals surface area contributed by atoms with E-state index in [0.717, 1.165) is 23.3 Å². The Morgan fingerprint density at radius 2 is 1.76 bits per heavy atom. The molecule has 0 aliphatic heterocycles. The summed E-state index contributed by atoms with van der Waals surface area (Å²) in [5.74, 6) is 0.398. The van der Waals surface area contributed by atoms with Crippen LogP contribution in [0.25, 0.3) is 16.8 Å². The second-order valence-electron chi connectivity index (χ2n) is 5.22. The molecular formula is C18H15F3N2OS. The Balaban J connectivity index is 2.20. The van der Waals surface area contributed by atoms with Gasteiger partial charge in [0.2, 0.25) is 5.88 Å². The highest BCUT2D eigenvalue weighted by atomic mass is 32.2. The topological polar surface area (TPSA) is 27.1 Å². The second kappa shape index (κ2) is 6.84. The molecule has 0 N–H and O–H groups in total. The normalized spacial score (nSPS) is 11.6. The van der Waals surface area contributed by atoms with Crippen LogP contribution in [0.2, 0.25) is 0 Å². The summed E-state index contributed by atoms with van der Waals surface area (Å²) in [6, 6.07) is 14.5. The minimum Gasteiger partial charge on any atom is -0.480 e. The number of hydrogen-bond acceptors (Lipinski definition) is 3. The van der Waals surface area contributed by atoms with Gasteiger partial charge in [-0.05, 0) is 30.0 Å². The minimum absolute atomic E-state index is 0.296. The largest absolute Gasteiger partial charge is 0.480 e. The zero-order valence-corrected chi connectivity index (χ0v) is 14.4. The summed E-state index contributed by atoms with van der Waals surface area (Å²) in [6.07, 6.45) is -2.55. The van der Waals surface area contributed by atoms with Crippen molar-refractivity contribution in [2.45, 2.75) is 11.2 Å². The molecule has 0 aliphatic rings. The van der Waals surface area contributed by atoms with Crippen molar-refractivity contribution in [3.63, 3.8) is 0 Å². The maximum atomic E-state index is 13.0. The smallest absolute Gasteiger partial charge is 0.416 e. The van der Waals surface area contributed by atoms with E-state index < -0.39 is 11.7 Å². The van der Waals surface area contributed by atoms with Crippen LogP contribution < -0.4 is 4.74 Å². The van der Waals surface area contributed by atoms with Crippen LogP contribution in [0.5, 0.6) is 5.88 Å². The van der Waals surface area contributed by atoms with Crippen molar-refractivity contribution in [1.29, 1.82) is 0 Å². The average Bonchev–Trinajstić information content (AvgIpc) is 3.00. The van der Waals surface area contributed by atoms with E-state index in [9.17, 15) is 13.2 Å². The number of hydrogen-bond donors (Lipinski definition) is 0. The Kier molecular flexibility index (Phi) is 4.76. The van der Waals surface area contributed by atoms with Crippen molar-refractivity contribution in [3.05, 3.63) is 60.2 Å². The number of nitrogens with zero attached hydrogens (tertiary/aromatic N) is 2. The van der Waals surface area contributed by atoms with E-state index in [1.54, 1.807) is 6.07 Å². The molecule has 0 unspecified atom stereocenters. The van der Waals surface area contributed by atoms with Crippen LogP contribution in [0.15, 0.2) is 59.6 Å². The summed E-state index contributed by atoms with van der Waals surface area (Å²) in [6.45, 7) is 0. The molecule has 0 atom stereocenters. The Bertz CT molecular complexity index is 876. The first kappa shape index (κ1) is 17.4. The van der Waals surface area contributed by atoms with Gasteiger partial charge in [-0.15, -0.1) is 11.8 Å². The number of benzene rings is 2. The van der Waals surface area contributed by atoms with E-state index in [1.165, 1.54) is 29.6 Å². The van der Waals surface area contributed by atoms with Gasteiger partial charge in [-0.2, -0.15) is 23.0 Å². The summed E-state index contributed by atoms with van der Waals surface area (Å²) in [7, 11) is 1.48. The Hall–Kier alpha value is -2.41. The lowest BCUT2D eigenvalue weighted by Crippen LogP contribution is -2.07. The molecule has 0 aliphatic carbocycles. The van der Waals surface area contributed by atoms with Crippen LogP contribution in [0.3, 0.4) is 0 Å². The number of methoxy groups -OCH3 is 1. The van der Waals surface area contributed by atoms with Crippen molar-refractivity contribution >= 4 is 11.8 Å². The monoisotopic (exact) mass is 364 g/mol. The first-order chi connectivity index (χ1) is 12.0. The van der Waals surface area contributed by atoms with Crippen LogP contribution >= 0.6 is 11.8 Å². The summed E-state index contributed by atoms with van der Waals surface area (Å²) in [5, 5.41) is 5.14. The van der Waals surface area contributed by atoms with Gasteiger partial charge in [0.25, 0.3) is 0 Å². The number of alkyl halides is 3. The fourth-order valence-electron chi connectivity index (χ4n) is 2.56. The molecule has 3 nitrogen and oxygen atoms in total. The lowest BCUT2D eigenvalue weighted by atomic mass is 10.1. The van der Waals surface area contributed by atoms with Crippen LogP contribution in [0, 0.1) is 0 Å². The summed E-state index contributed by atoms with van der Waals surface area (Å²) >= 11 is 1.41. The summed E-state index contributed by atoms with van der Waals surface area (Å²) in [5.41, 5.74) is 1.22. The number of rotatable bonds is 4. The summed E-state index contributed by atoms with van der Waals surface area (Å²) in [4.78, 5) is 0. The van der Waals surface area contributed by atoms with E-state index >= 15 is 0 Å². The zero-order valence-electron chi connectivity index (χ0n) is 13.5. The first-order valence-electron chi connectivity index (χ1n) is 7.39. The van der Waals surface area contributed by atoms with E-state index in [1.807, 2.05) is 36.6 Å². The maximum Gasteiger partial charge on any atom is 0.416 e. The highest BCUT2D eigenvalue weighted by molar-refractivity contribution is 7.98. The molecule has 0 radical (unpaired) electrons. The SMILES string of the molecule is COc1c(-c2ccccc2)c(SC)nn1-c1cccc(C(F)(F)F)c1.